The van der Waals surface area contributed by atoms with E-state index in [4.69, 9.17) is 4.74 Å². The van der Waals surface area contributed by atoms with E-state index in [-0.39, 0.29) is 0 Å². The number of hydrogen-bond donors (Lipinski definition) is 0. The van der Waals surface area contributed by atoms with E-state index in [1.807, 2.05) is 11.8 Å². The molecule has 12 aromatic carbocycles. The summed E-state index contributed by atoms with van der Waals surface area (Å²) in [7, 11) is 0. The SMILES string of the molecule is c1ccc(-n2c3ccccc3c3ccc(-c4ccc(N(c5ccc6c(c5)-c5ccccc5C65c6ccccc6Oc6ccccc65)c5ccc6c(c5)-c5ccccc5C65c6ccccc6Sc6ccccc65)cc4)cc32)cc1. The Labute approximate surface area is 456 Å². The molecule has 0 saturated carbocycles. The minimum atomic E-state index is -0.563. The number of hydrogen-bond acceptors (Lipinski definition) is 3. The van der Waals surface area contributed by atoms with Gasteiger partial charge < -0.3 is 14.2 Å². The van der Waals surface area contributed by atoms with Gasteiger partial charge in [0.2, 0.25) is 0 Å². The lowest BCUT2D eigenvalue weighted by Crippen LogP contribution is -2.32. The summed E-state index contributed by atoms with van der Waals surface area (Å²) in [5, 5.41) is 2.49. The zero-order valence-corrected chi connectivity index (χ0v) is 43.1. The molecule has 0 radical (unpaired) electrons. The molecule has 3 nitrogen and oxygen atoms in total. The molecule has 2 aliphatic heterocycles. The molecular formula is C74H46N2OS. The van der Waals surface area contributed by atoms with Gasteiger partial charge in [-0.25, -0.2) is 0 Å². The molecule has 0 fully saturated rings. The number of aromatic nitrogens is 1. The van der Waals surface area contributed by atoms with Gasteiger partial charge in [-0.1, -0.05) is 206 Å². The van der Waals surface area contributed by atoms with E-state index in [0.717, 1.165) is 50.9 Å². The number of anilines is 3. The Morgan fingerprint density at radius 1 is 0.308 bits per heavy atom. The predicted molar refractivity (Wildman–Crippen MR) is 320 cm³/mol. The molecule has 2 aliphatic carbocycles. The third kappa shape index (κ3) is 5.84. The van der Waals surface area contributed by atoms with Gasteiger partial charge in [-0.05, 0) is 152 Å². The highest BCUT2D eigenvalue weighted by Gasteiger charge is 2.52. The smallest absolute Gasteiger partial charge is 0.132 e. The molecule has 0 atom stereocenters. The molecule has 4 heteroatoms. The van der Waals surface area contributed by atoms with E-state index in [2.05, 4.69) is 289 Å². The lowest BCUT2D eigenvalue weighted by molar-refractivity contribution is 0.436. The van der Waals surface area contributed by atoms with E-state index in [1.54, 1.807) is 0 Å². The van der Waals surface area contributed by atoms with Gasteiger partial charge in [0.15, 0.2) is 0 Å². The van der Waals surface area contributed by atoms with Crippen LogP contribution in [0.25, 0.3) is 60.9 Å². The van der Waals surface area contributed by atoms with Crippen LogP contribution in [0.1, 0.15) is 44.5 Å². The molecule has 0 N–H and O–H groups in total. The fourth-order valence-corrected chi connectivity index (χ4v) is 15.4. The number of rotatable bonds is 5. The van der Waals surface area contributed by atoms with Crippen LogP contribution in [0.3, 0.4) is 0 Å². The standard InChI is InChI=1S/C74H46N2OS/c1-2-18-49(19-3-1)76-67-29-13-6-22-55(67)56-41-36-48(44-68(56)76)47-34-37-50(38-35-47)75(51-39-42-61-57(45-51)53-20-4-7-23-59(53)73(61)63-25-9-14-30-69(63)77-70-31-15-10-26-64(70)73)52-40-43-62-58(46-52)54-21-5-8-24-60(54)74(62)65-27-11-16-32-71(65)78-72-33-17-12-28-66(72)74/h1-46H. The second kappa shape index (κ2) is 16.4. The molecule has 0 bridgehead atoms. The Morgan fingerprint density at radius 3 is 1.37 bits per heavy atom. The first-order valence-corrected chi connectivity index (χ1v) is 27.7. The molecule has 0 amide bonds. The van der Waals surface area contributed by atoms with Crippen molar-refractivity contribution in [3.05, 3.63) is 324 Å². The van der Waals surface area contributed by atoms with Crippen LogP contribution in [-0.2, 0) is 10.8 Å². The van der Waals surface area contributed by atoms with Crippen molar-refractivity contribution in [2.24, 2.45) is 0 Å². The summed E-state index contributed by atoms with van der Waals surface area (Å²) in [5.41, 5.74) is 23.2. The molecule has 4 aliphatic rings. The maximum Gasteiger partial charge on any atom is 0.132 e. The van der Waals surface area contributed by atoms with Crippen molar-refractivity contribution in [1.82, 2.24) is 4.57 Å². The maximum atomic E-state index is 6.71. The average Bonchev–Trinajstić information content (AvgIpc) is 4.09. The molecule has 0 unspecified atom stereocenters. The number of para-hydroxylation sites is 4. The predicted octanol–water partition coefficient (Wildman–Crippen LogP) is 19.2. The van der Waals surface area contributed by atoms with E-state index < -0.39 is 10.8 Å². The fourth-order valence-electron chi connectivity index (χ4n) is 14.2. The summed E-state index contributed by atoms with van der Waals surface area (Å²) in [6, 6.07) is 104. The highest BCUT2D eigenvalue weighted by atomic mass is 32.2. The van der Waals surface area contributed by atoms with Crippen molar-refractivity contribution < 1.29 is 4.74 Å². The van der Waals surface area contributed by atoms with Crippen LogP contribution in [-0.4, -0.2) is 4.57 Å². The zero-order chi connectivity index (χ0) is 51.1. The van der Waals surface area contributed by atoms with Gasteiger partial charge in [0, 0.05) is 54.4 Å². The van der Waals surface area contributed by atoms with Crippen LogP contribution >= 0.6 is 11.8 Å². The van der Waals surface area contributed by atoms with Crippen molar-refractivity contribution in [1.29, 1.82) is 0 Å². The zero-order valence-electron chi connectivity index (χ0n) is 42.3. The largest absolute Gasteiger partial charge is 0.457 e. The third-order valence-corrected chi connectivity index (χ3v) is 18.5. The first kappa shape index (κ1) is 43.6. The highest BCUT2D eigenvalue weighted by molar-refractivity contribution is 7.99. The van der Waals surface area contributed by atoms with Crippen LogP contribution < -0.4 is 9.64 Å². The van der Waals surface area contributed by atoms with E-state index in [0.29, 0.717) is 0 Å². The van der Waals surface area contributed by atoms with Crippen LogP contribution in [0.2, 0.25) is 0 Å². The van der Waals surface area contributed by atoms with E-state index in [9.17, 15) is 0 Å². The molecule has 364 valence electrons. The van der Waals surface area contributed by atoms with Gasteiger partial charge in [-0.15, -0.1) is 0 Å². The minimum absolute atomic E-state index is 0.468. The van der Waals surface area contributed by atoms with Crippen molar-refractivity contribution >= 4 is 50.6 Å². The highest BCUT2D eigenvalue weighted by Crippen LogP contribution is 2.65. The lowest BCUT2D eigenvalue weighted by atomic mass is 9.66. The topological polar surface area (TPSA) is 17.4 Å². The molecule has 3 heterocycles. The minimum Gasteiger partial charge on any atom is -0.457 e. The van der Waals surface area contributed by atoms with Gasteiger partial charge in [-0.3, -0.25) is 0 Å². The molecule has 2 spiro atoms. The molecule has 0 saturated heterocycles. The maximum absolute atomic E-state index is 6.71. The van der Waals surface area contributed by atoms with Gasteiger partial charge in [0.05, 0.1) is 21.9 Å². The van der Waals surface area contributed by atoms with Crippen molar-refractivity contribution in [3.8, 4) is 50.6 Å². The lowest BCUT2D eigenvalue weighted by Gasteiger charge is -2.39. The van der Waals surface area contributed by atoms with Crippen LogP contribution in [0.5, 0.6) is 11.5 Å². The summed E-state index contributed by atoms with van der Waals surface area (Å²) in [5.74, 6) is 1.78. The van der Waals surface area contributed by atoms with Crippen LogP contribution in [0, 0.1) is 0 Å². The first-order chi connectivity index (χ1) is 38.7. The number of benzene rings is 12. The number of ether oxygens (including phenoxy) is 1. The number of nitrogens with zero attached hydrogens (tertiary/aromatic N) is 2. The Kier molecular flexibility index (Phi) is 9.20. The molecule has 78 heavy (non-hydrogen) atoms. The van der Waals surface area contributed by atoms with Crippen molar-refractivity contribution in [3.63, 3.8) is 0 Å². The van der Waals surface area contributed by atoms with Crippen LogP contribution in [0.4, 0.5) is 17.1 Å². The quantitative estimate of drug-likeness (QED) is 0.171. The van der Waals surface area contributed by atoms with Crippen molar-refractivity contribution in [2.45, 2.75) is 20.6 Å². The first-order valence-electron chi connectivity index (χ1n) is 26.9. The summed E-state index contributed by atoms with van der Waals surface area (Å²) in [6.07, 6.45) is 0. The van der Waals surface area contributed by atoms with Crippen LogP contribution in [0.15, 0.2) is 289 Å². The van der Waals surface area contributed by atoms with Gasteiger partial charge in [-0.2, -0.15) is 0 Å². The Morgan fingerprint density at radius 2 is 0.756 bits per heavy atom. The normalized spacial score (nSPS) is 14.2. The summed E-state index contributed by atoms with van der Waals surface area (Å²) < 4.78 is 9.11. The molecule has 17 rings (SSSR count). The number of fused-ring (bicyclic) bond motifs is 21. The second-order valence-corrected chi connectivity index (χ2v) is 22.1. The monoisotopic (exact) mass is 1010 g/mol. The molecule has 1 aromatic heterocycles. The Bertz CT molecular complexity index is 4360. The molecular weight excluding hydrogens is 965 g/mol. The van der Waals surface area contributed by atoms with Crippen molar-refractivity contribution in [2.75, 3.05) is 4.90 Å². The molecule has 13 aromatic rings. The summed E-state index contributed by atoms with van der Waals surface area (Å²) >= 11 is 1.88. The second-order valence-electron chi connectivity index (χ2n) is 21.0. The fraction of sp³-hybridized carbons (Fsp3) is 0.0270. The summed E-state index contributed by atoms with van der Waals surface area (Å²) in [4.78, 5) is 5.08. The summed E-state index contributed by atoms with van der Waals surface area (Å²) in [6.45, 7) is 0. The van der Waals surface area contributed by atoms with Gasteiger partial charge in [0.1, 0.15) is 11.5 Å². The third-order valence-electron chi connectivity index (χ3n) is 17.3. The Hall–Kier alpha value is -9.61. The Balaban J connectivity index is 0.874. The van der Waals surface area contributed by atoms with E-state index in [1.165, 1.54) is 92.8 Å². The van der Waals surface area contributed by atoms with Gasteiger partial charge >= 0.3 is 0 Å². The van der Waals surface area contributed by atoms with E-state index >= 15 is 0 Å². The average molecular weight is 1010 g/mol. The van der Waals surface area contributed by atoms with Gasteiger partial charge in [0.25, 0.3) is 0 Å².